The lowest BCUT2D eigenvalue weighted by Crippen LogP contribution is -2.07. The van der Waals surface area contributed by atoms with Crippen LogP contribution < -0.4 is 0 Å². The predicted molar refractivity (Wildman–Crippen MR) is 62.2 cm³/mol. The lowest BCUT2D eigenvalue weighted by Gasteiger charge is -2.07. The van der Waals surface area contributed by atoms with Gasteiger partial charge in [-0.2, -0.15) is 0 Å². The second-order valence-corrected chi connectivity index (χ2v) is 4.52. The summed E-state index contributed by atoms with van der Waals surface area (Å²) in [6, 6.07) is 1.61. The van der Waals surface area contributed by atoms with E-state index in [2.05, 4.69) is 15.9 Å². The van der Waals surface area contributed by atoms with Crippen LogP contribution in [0.3, 0.4) is 0 Å². The molecule has 1 heterocycles. The molecule has 2 aromatic rings. The molecule has 0 aliphatic carbocycles. The van der Waals surface area contributed by atoms with Gasteiger partial charge in [0.15, 0.2) is 11.6 Å². The van der Waals surface area contributed by atoms with E-state index >= 15 is 0 Å². The first kappa shape index (κ1) is 12.0. The molecule has 1 N–H and O–H groups in total. The van der Waals surface area contributed by atoms with E-state index in [1.54, 1.807) is 20.0 Å². The number of aromatic carboxylic acids is 1. The Labute approximate surface area is 104 Å². The number of aryl methyl sites for hydroxylation is 2. The van der Waals surface area contributed by atoms with Crippen molar-refractivity contribution in [2.45, 2.75) is 6.92 Å². The van der Waals surface area contributed by atoms with Gasteiger partial charge in [0.2, 0.25) is 0 Å². The normalized spacial score (nSPS) is 11.1. The minimum Gasteiger partial charge on any atom is -0.478 e. The second-order valence-electron chi connectivity index (χ2n) is 3.73. The highest BCUT2D eigenvalue weighted by molar-refractivity contribution is 9.10. The second kappa shape index (κ2) is 3.80. The van der Waals surface area contributed by atoms with Crippen LogP contribution in [0.4, 0.5) is 8.78 Å². The van der Waals surface area contributed by atoms with Gasteiger partial charge >= 0.3 is 5.97 Å². The topological polar surface area (TPSA) is 42.2 Å². The van der Waals surface area contributed by atoms with Gasteiger partial charge in [-0.3, -0.25) is 0 Å². The molecule has 0 atom stereocenters. The molecule has 17 heavy (non-hydrogen) atoms. The van der Waals surface area contributed by atoms with Crippen LogP contribution in [0, 0.1) is 18.6 Å². The fourth-order valence-corrected chi connectivity index (χ4v) is 2.30. The number of hydrogen-bond donors (Lipinski definition) is 1. The highest BCUT2D eigenvalue weighted by atomic mass is 79.9. The zero-order chi connectivity index (χ0) is 12.9. The number of rotatable bonds is 1. The van der Waals surface area contributed by atoms with Crippen molar-refractivity contribution in [2.75, 3.05) is 0 Å². The SMILES string of the molecule is Cc1cc2c(Br)c(F)c(F)c(C(=O)O)c2n1C. The first-order valence-electron chi connectivity index (χ1n) is 4.72. The number of nitrogens with zero attached hydrogens (tertiary/aromatic N) is 1. The highest BCUT2D eigenvalue weighted by Gasteiger charge is 2.25. The predicted octanol–water partition coefficient (Wildman–Crippen LogP) is 3.23. The van der Waals surface area contributed by atoms with Crippen molar-refractivity contribution < 1.29 is 18.7 Å². The monoisotopic (exact) mass is 303 g/mol. The number of carbonyl (C=O) groups is 1. The summed E-state index contributed by atoms with van der Waals surface area (Å²) in [5.41, 5.74) is 0.241. The van der Waals surface area contributed by atoms with Crippen LogP contribution in [0.2, 0.25) is 0 Å². The molecule has 1 aromatic heterocycles. The van der Waals surface area contributed by atoms with E-state index in [1.807, 2.05) is 0 Å². The van der Waals surface area contributed by atoms with Gasteiger partial charge in [-0.15, -0.1) is 0 Å². The molecule has 0 aliphatic rings. The van der Waals surface area contributed by atoms with Crippen molar-refractivity contribution in [1.82, 2.24) is 4.57 Å². The molecule has 3 nitrogen and oxygen atoms in total. The van der Waals surface area contributed by atoms with Crippen LogP contribution in [-0.2, 0) is 7.05 Å². The molecule has 90 valence electrons. The zero-order valence-corrected chi connectivity index (χ0v) is 10.6. The van der Waals surface area contributed by atoms with Crippen molar-refractivity contribution in [3.63, 3.8) is 0 Å². The number of hydrogen-bond acceptors (Lipinski definition) is 1. The third-order valence-corrected chi connectivity index (χ3v) is 3.54. The van der Waals surface area contributed by atoms with Crippen LogP contribution >= 0.6 is 15.9 Å². The summed E-state index contributed by atoms with van der Waals surface area (Å²) in [5, 5.41) is 9.33. The maximum atomic E-state index is 13.6. The highest BCUT2D eigenvalue weighted by Crippen LogP contribution is 2.34. The van der Waals surface area contributed by atoms with Gasteiger partial charge in [0.1, 0.15) is 5.56 Å². The van der Waals surface area contributed by atoms with Crippen molar-refractivity contribution in [3.05, 3.63) is 33.4 Å². The van der Waals surface area contributed by atoms with Crippen LogP contribution in [0.1, 0.15) is 16.1 Å². The fraction of sp³-hybridized carbons (Fsp3) is 0.182. The van der Waals surface area contributed by atoms with E-state index in [-0.39, 0.29) is 9.99 Å². The molecule has 0 spiro atoms. The maximum Gasteiger partial charge on any atom is 0.340 e. The largest absolute Gasteiger partial charge is 0.478 e. The van der Waals surface area contributed by atoms with Crippen LogP contribution in [0.5, 0.6) is 0 Å². The van der Waals surface area contributed by atoms with Gasteiger partial charge in [-0.1, -0.05) is 0 Å². The number of halogens is 3. The molecular weight excluding hydrogens is 296 g/mol. The van der Waals surface area contributed by atoms with Gasteiger partial charge < -0.3 is 9.67 Å². The van der Waals surface area contributed by atoms with Gasteiger partial charge in [0.25, 0.3) is 0 Å². The standard InChI is InChI=1S/C11H8BrF2NO2/c1-4-3-5-7(12)9(14)8(13)6(11(16)17)10(5)15(4)2/h3H,1-2H3,(H,16,17). The molecule has 2 rings (SSSR count). The quantitative estimate of drug-likeness (QED) is 0.822. The Morgan fingerprint density at radius 1 is 1.41 bits per heavy atom. The van der Waals surface area contributed by atoms with Gasteiger partial charge in [0.05, 0.1) is 9.99 Å². The molecule has 0 radical (unpaired) electrons. The molecule has 0 amide bonds. The van der Waals surface area contributed by atoms with E-state index in [0.29, 0.717) is 11.1 Å². The third kappa shape index (κ3) is 1.55. The summed E-state index contributed by atoms with van der Waals surface area (Å²) in [6.45, 7) is 1.73. The van der Waals surface area contributed by atoms with Gasteiger partial charge in [-0.05, 0) is 28.9 Å². The number of aromatic nitrogens is 1. The molecule has 0 bridgehead atoms. The van der Waals surface area contributed by atoms with Crippen molar-refractivity contribution in [1.29, 1.82) is 0 Å². The molecular formula is C11H8BrF2NO2. The molecule has 0 unspecified atom stereocenters. The number of carboxylic acid groups (broad SMARTS) is 1. The maximum absolute atomic E-state index is 13.6. The summed E-state index contributed by atoms with van der Waals surface area (Å²) in [6.07, 6.45) is 0. The summed E-state index contributed by atoms with van der Waals surface area (Å²) < 4.78 is 28.6. The third-order valence-electron chi connectivity index (χ3n) is 2.76. The summed E-state index contributed by atoms with van der Waals surface area (Å²) in [4.78, 5) is 11.0. The van der Waals surface area contributed by atoms with Crippen molar-refractivity contribution in [2.24, 2.45) is 7.05 Å². The lowest BCUT2D eigenvalue weighted by molar-refractivity contribution is 0.0692. The van der Waals surface area contributed by atoms with Gasteiger partial charge in [-0.25, -0.2) is 13.6 Å². The summed E-state index contributed by atoms with van der Waals surface area (Å²) in [5.74, 6) is -4.02. The van der Waals surface area contributed by atoms with Crippen LogP contribution in [0.25, 0.3) is 10.9 Å². The van der Waals surface area contributed by atoms with Crippen molar-refractivity contribution in [3.8, 4) is 0 Å². The molecule has 0 fully saturated rings. The van der Waals surface area contributed by atoms with E-state index in [1.165, 1.54) is 4.57 Å². The molecule has 0 aliphatic heterocycles. The first-order valence-corrected chi connectivity index (χ1v) is 5.51. The van der Waals surface area contributed by atoms with Crippen LogP contribution in [0.15, 0.2) is 10.5 Å². The van der Waals surface area contributed by atoms with Crippen LogP contribution in [-0.4, -0.2) is 15.6 Å². The lowest BCUT2D eigenvalue weighted by atomic mass is 10.1. The summed E-state index contributed by atoms with van der Waals surface area (Å²) in [7, 11) is 1.61. The Kier molecular flexibility index (Phi) is 2.69. The molecule has 1 aromatic carbocycles. The Morgan fingerprint density at radius 3 is 2.53 bits per heavy atom. The first-order chi connectivity index (χ1) is 7.86. The number of benzene rings is 1. The van der Waals surface area contributed by atoms with E-state index in [9.17, 15) is 13.6 Å². The number of carboxylic acids is 1. The Balaban J connectivity index is 3.11. The minimum absolute atomic E-state index is 0.0568. The minimum atomic E-state index is -1.49. The average Bonchev–Trinajstić information content (AvgIpc) is 2.54. The zero-order valence-electron chi connectivity index (χ0n) is 9.01. The molecule has 0 saturated heterocycles. The number of fused-ring (bicyclic) bond motifs is 1. The Morgan fingerprint density at radius 2 is 2.00 bits per heavy atom. The van der Waals surface area contributed by atoms with Gasteiger partial charge in [0, 0.05) is 18.1 Å². The van der Waals surface area contributed by atoms with E-state index in [0.717, 1.165) is 0 Å². The van der Waals surface area contributed by atoms with E-state index < -0.39 is 23.2 Å². The van der Waals surface area contributed by atoms with E-state index in [4.69, 9.17) is 5.11 Å². The van der Waals surface area contributed by atoms with Crippen molar-refractivity contribution >= 4 is 32.8 Å². The Bertz CT molecular complexity index is 649. The molecule has 0 saturated carbocycles. The fourth-order valence-electron chi connectivity index (χ4n) is 1.82. The Hall–Kier alpha value is -1.43. The average molecular weight is 304 g/mol. The molecule has 6 heteroatoms. The summed E-state index contributed by atoms with van der Waals surface area (Å²) >= 11 is 2.94. The smallest absolute Gasteiger partial charge is 0.340 e.